The zero-order valence-electron chi connectivity index (χ0n) is 21.3. The highest BCUT2D eigenvalue weighted by Gasteiger charge is 2.18. The maximum Gasteiger partial charge on any atom is 0.267 e. The minimum Gasteiger partial charge on any atom is -0.493 e. The Morgan fingerprint density at radius 1 is 1.11 bits per heavy atom. The molecule has 0 aliphatic rings. The van der Waals surface area contributed by atoms with Crippen molar-refractivity contribution in [3.05, 3.63) is 74.6 Å². The number of hydrogen-bond donors (Lipinski definition) is 0. The van der Waals surface area contributed by atoms with E-state index in [2.05, 4.69) is 20.8 Å². The molecule has 36 heavy (non-hydrogen) atoms. The van der Waals surface area contributed by atoms with E-state index >= 15 is 0 Å². The quantitative estimate of drug-likeness (QED) is 0.268. The van der Waals surface area contributed by atoms with E-state index in [0.29, 0.717) is 38.7 Å². The standard InChI is InChI=1S/C28H30ClN3O3S/c1-28(2,3)17-35-25-19(8-7-9-22(25)34-6)12-15-21-24(18-10-13-20(14-11-18)31(4)5)26(33)32-16-23(29)36-27(32)30-21/h7-16H,17H2,1-6H3. The molecule has 0 saturated heterocycles. The van der Waals surface area contributed by atoms with Crippen molar-refractivity contribution in [1.29, 1.82) is 0 Å². The van der Waals surface area contributed by atoms with Crippen LogP contribution in [0.25, 0.3) is 28.2 Å². The molecule has 0 N–H and O–H groups in total. The van der Waals surface area contributed by atoms with Gasteiger partial charge in [-0.1, -0.05) is 68.0 Å². The lowest BCUT2D eigenvalue weighted by Gasteiger charge is -2.21. The van der Waals surface area contributed by atoms with Crippen molar-refractivity contribution in [2.45, 2.75) is 20.8 Å². The van der Waals surface area contributed by atoms with Crippen molar-refractivity contribution in [2.24, 2.45) is 5.41 Å². The summed E-state index contributed by atoms with van der Waals surface area (Å²) in [5.41, 5.74) is 3.52. The molecule has 0 saturated carbocycles. The highest BCUT2D eigenvalue weighted by atomic mass is 35.5. The first kappa shape index (κ1) is 25.8. The summed E-state index contributed by atoms with van der Waals surface area (Å²) < 4.78 is 13.7. The Hall–Kier alpha value is -3.29. The number of anilines is 1. The smallest absolute Gasteiger partial charge is 0.267 e. The minimum atomic E-state index is -0.171. The Morgan fingerprint density at radius 2 is 1.83 bits per heavy atom. The number of rotatable bonds is 7. The fraction of sp³-hybridized carbons (Fsp3) is 0.286. The van der Waals surface area contributed by atoms with Crippen molar-refractivity contribution in [1.82, 2.24) is 9.38 Å². The summed E-state index contributed by atoms with van der Waals surface area (Å²) in [4.78, 5) is 20.9. The Balaban J connectivity index is 1.84. The molecule has 4 aromatic rings. The SMILES string of the molecule is COc1cccc(C=Cc2nc3sc(Cl)cn3c(=O)c2-c2ccc(N(C)C)cc2)c1OCC(C)(C)C. The van der Waals surface area contributed by atoms with Crippen LogP contribution in [0.1, 0.15) is 32.0 Å². The van der Waals surface area contributed by atoms with Gasteiger partial charge < -0.3 is 14.4 Å². The van der Waals surface area contributed by atoms with Gasteiger partial charge in [0.15, 0.2) is 16.5 Å². The van der Waals surface area contributed by atoms with Gasteiger partial charge in [0.2, 0.25) is 0 Å². The van der Waals surface area contributed by atoms with Crippen LogP contribution >= 0.6 is 22.9 Å². The van der Waals surface area contributed by atoms with Gasteiger partial charge in [-0.15, -0.1) is 0 Å². The molecule has 6 nitrogen and oxygen atoms in total. The zero-order valence-corrected chi connectivity index (χ0v) is 22.9. The first-order valence-corrected chi connectivity index (χ1v) is 12.7. The highest BCUT2D eigenvalue weighted by molar-refractivity contribution is 7.20. The van der Waals surface area contributed by atoms with E-state index in [4.69, 9.17) is 26.1 Å². The van der Waals surface area contributed by atoms with Gasteiger partial charge in [0.1, 0.15) is 4.34 Å². The van der Waals surface area contributed by atoms with Gasteiger partial charge in [-0.05, 0) is 41.3 Å². The lowest BCUT2D eigenvalue weighted by Crippen LogP contribution is -2.17. The molecule has 2 aromatic heterocycles. The van der Waals surface area contributed by atoms with Crippen LogP contribution in [0.3, 0.4) is 0 Å². The summed E-state index contributed by atoms with van der Waals surface area (Å²) >= 11 is 7.49. The van der Waals surface area contributed by atoms with Gasteiger partial charge >= 0.3 is 0 Å². The van der Waals surface area contributed by atoms with Crippen LogP contribution in [-0.4, -0.2) is 37.2 Å². The van der Waals surface area contributed by atoms with E-state index in [0.717, 1.165) is 16.8 Å². The molecule has 2 aromatic carbocycles. The van der Waals surface area contributed by atoms with Gasteiger partial charge in [0, 0.05) is 31.5 Å². The van der Waals surface area contributed by atoms with E-state index in [1.54, 1.807) is 13.3 Å². The lowest BCUT2D eigenvalue weighted by atomic mass is 9.98. The van der Waals surface area contributed by atoms with Crippen molar-refractivity contribution in [2.75, 3.05) is 32.7 Å². The number of para-hydroxylation sites is 1. The molecule has 0 spiro atoms. The normalized spacial score (nSPS) is 11.9. The van der Waals surface area contributed by atoms with Crippen LogP contribution in [0, 0.1) is 5.41 Å². The molecule has 4 rings (SSSR count). The van der Waals surface area contributed by atoms with Crippen LogP contribution in [0.2, 0.25) is 4.34 Å². The molecule has 0 bridgehead atoms. The van der Waals surface area contributed by atoms with Gasteiger partial charge in [0.25, 0.3) is 5.56 Å². The molecule has 0 fully saturated rings. The molecule has 2 heterocycles. The topological polar surface area (TPSA) is 56.1 Å². The van der Waals surface area contributed by atoms with E-state index in [1.165, 1.54) is 15.7 Å². The van der Waals surface area contributed by atoms with E-state index in [-0.39, 0.29) is 11.0 Å². The van der Waals surface area contributed by atoms with Crippen molar-refractivity contribution < 1.29 is 9.47 Å². The fourth-order valence-corrected chi connectivity index (χ4v) is 4.70. The van der Waals surface area contributed by atoms with Crippen LogP contribution in [-0.2, 0) is 0 Å². The van der Waals surface area contributed by atoms with Gasteiger partial charge in [0.05, 0.1) is 25.0 Å². The molecule has 0 unspecified atom stereocenters. The van der Waals surface area contributed by atoms with Gasteiger partial charge in [-0.3, -0.25) is 9.20 Å². The monoisotopic (exact) mass is 523 g/mol. The molecule has 0 aliphatic heterocycles. The number of hydrogen-bond acceptors (Lipinski definition) is 6. The average molecular weight is 524 g/mol. The maximum absolute atomic E-state index is 13.6. The number of thiazole rings is 1. The third kappa shape index (κ3) is 5.58. The molecule has 8 heteroatoms. The Kier molecular flexibility index (Phi) is 7.43. The van der Waals surface area contributed by atoms with E-state index in [9.17, 15) is 4.79 Å². The van der Waals surface area contributed by atoms with Crippen LogP contribution < -0.4 is 19.9 Å². The second kappa shape index (κ2) is 10.4. The Morgan fingerprint density at radius 3 is 2.47 bits per heavy atom. The maximum atomic E-state index is 13.6. The molecule has 188 valence electrons. The number of methoxy groups -OCH3 is 1. The number of fused-ring (bicyclic) bond motifs is 1. The van der Waals surface area contributed by atoms with Crippen LogP contribution in [0.15, 0.2) is 53.5 Å². The summed E-state index contributed by atoms with van der Waals surface area (Å²) in [6.45, 7) is 6.87. The first-order chi connectivity index (χ1) is 17.1. The second-order valence-corrected chi connectivity index (χ2v) is 11.5. The predicted molar refractivity (Wildman–Crippen MR) is 151 cm³/mol. The minimum absolute atomic E-state index is 0.0204. The largest absolute Gasteiger partial charge is 0.493 e. The average Bonchev–Trinajstić information content (AvgIpc) is 3.21. The third-order valence-corrected chi connectivity index (χ3v) is 6.60. The Labute approximate surface area is 220 Å². The van der Waals surface area contributed by atoms with Crippen molar-refractivity contribution >= 4 is 45.7 Å². The van der Waals surface area contributed by atoms with Crippen molar-refractivity contribution in [3.63, 3.8) is 0 Å². The van der Waals surface area contributed by atoms with Crippen LogP contribution in [0.5, 0.6) is 11.5 Å². The Bertz CT molecular complexity index is 1460. The number of ether oxygens (including phenoxy) is 2. The summed E-state index contributed by atoms with van der Waals surface area (Å²) in [6.07, 6.45) is 5.37. The number of halogens is 1. The summed E-state index contributed by atoms with van der Waals surface area (Å²) in [6, 6.07) is 13.6. The molecule has 0 atom stereocenters. The molecule has 0 aliphatic carbocycles. The molecule has 0 amide bonds. The lowest BCUT2D eigenvalue weighted by molar-refractivity contribution is 0.191. The molecular formula is C28H30ClN3O3S. The summed E-state index contributed by atoms with van der Waals surface area (Å²) in [5, 5.41) is 0. The van der Waals surface area contributed by atoms with Gasteiger partial charge in [-0.25, -0.2) is 4.98 Å². The predicted octanol–water partition coefficient (Wildman–Crippen LogP) is 6.75. The number of benzene rings is 2. The number of nitrogens with zero attached hydrogens (tertiary/aromatic N) is 3. The first-order valence-electron chi connectivity index (χ1n) is 11.5. The second-order valence-electron chi connectivity index (χ2n) is 9.87. The molecule has 0 radical (unpaired) electrons. The van der Waals surface area contributed by atoms with E-state index in [1.807, 2.05) is 73.6 Å². The van der Waals surface area contributed by atoms with Gasteiger partial charge in [-0.2, -0.15) is 0 Å². The summed E-state index contributed by atoms with van der Waals surface area (Å²) in [5.74, 6) is 1.30. The fourth-order valence-electron chi connectivity index (χ4n) is 3.69. The van der Waals surface area contributed by atoms with Crippen molar-refractivity contribution in [3.8, 4) is 22.6 Å². The van der Waals surface area contributed by atoms with Crippen LogP contribution in [0.4, 0.5) is 5.69 Å². The number of aromatic nitrogens is 2. The third-order valence-electron chi connectivity index (χ3n) is 5.50. The summed E-state index contributed by atoms with van der Waals surface area (Å²) in [7, 11) is 5.58. The zero-order chi connectivity index (χ0) is 26.0. The highest BCUT2D eigenvalue weighted by Crippen LogP contribution is 2.34. The molecular weight excluding hydrogens is 494 g/mol. The van der Waals surface area contributed by atoms with E-state index < -0.39 is 0 Å².